The van der Waals surface area contributed by atoms with Gasteiger partial charge in [0, 0.05) is 0 Å². The number of nitrogens with zero attached hydrogens (tertiary/aromatic N) is 4. The highest BCUT2D eigenvalue weighted by atomic mass is 32.2. The second-order valence-corrected chi connectivity index (χ2v) is 16.8. The van der Waals surface area contributed by atoms with E-state index in [1.54, 1.807) is 0 Å². The molecule has 0 spiro atoms. The lowest BCUT2D eigenvalue weighted by molar-refractivity contribution is -0.994. The van der Waals surface area contributed by atoms with E-state index < -0.39 is 114 Å². The third-order valence-electron chi connectivity index (χ3n) is 6.52. The molecule has 0 N–H and O–H groups in total. The summed E-state index contributed by atoms with van der Waals surface area (Å²) in [5.74, 6) is -5.19. The minimum atomic E-state index is -6.65. The Bertz CT molecular complexity index is 1660. The van der Waals surface area contributed by atoms with Gasteiger partial charge in [-0.05, 0) is 0 Å². The average Bonchev–Trinajstić information content (AvgIpc) is 2.90. The van der Waals surface area contributed by atoms with Gasteiger partial charge < -0.3 is 23.1 Å². The van der Waals surface area contributed by atoms with E-state index in [4.69, 9.17) is 35.4 Å². The van der Waals surface area contributed by atoms with Crippen LogP contribution in [0.3, 0.4) is 0 Å². The van der Waals surface area contributed by atoms with Crippen LogP contribution in [0.1, 0.15) is 0 Å². The maximum absolute atomic E-state index is 13.4. The number of hydrogen-bond acceptors (Lipinski definition) is 14. The number of likely N-dealkylation sites (N-methyl/N-ethyl adjacent to an activating group) is 2. The quantitative estimate of drug-likeness (QED) is 0.106. The molecule has 2 rings (SSSR count). The van der Waals surface area contributed by atoms with Gasteiger partial charge in [-0.1, -0.05) is 4.41 Å². The number of amides is 2. The first-order chi connectivity index (χ1) is 22.7. The molecule has 2 saturated heterocycles. The van der Waals surface area contributed by atoms with E-state index >= 15 is 0 Å². The van der Waals surface area contributed by atoms with Crippen LogP contribution in [0.4, 0.5) is 52.7 Å². The molecule has 34 heteroatoms. The first-order valence-corrected chi connectivity index (χ1v) is 18.6. The number of carbonyl (C=O) groups is 2. The number of ether oxygens (including phenoxy) is 2. The molecular weight excluding hydrogens is 852 g/mol. The lowest BCUT2D eigenvalue weighted by atomic mass is 10.3. The minimum Gasteiger partial charge on any atom is -0.741 e. The first kappa shape index (κ1) is 49.7. The molecule has 0 aromatic carbocycles. The third kappa shape index (κ3) is 12.9. The van der Waals surface area contributed by atoms with Gasteiger partial charge >= 0.3 is 53.9 Å². The fourth-order valence-electron chi connectivity index (χ4n) is 3.59. The SMILES string of the molecule is C[N+]1(CCN(C(=O)C(=O)N([N+]2(C)CCOCC2)S(=O)(=O)C(F)(F)F)S(=O)(=O)C(F)(F)F)CCOCC1.O=S(=O)([O-])C(F)(F)F.O=S(=O)([O-])C(F)(F)F. The molecule has 0 aromatic heterocycles. The fraction of sp³-hybridized carbons (Fsp3) is 0.889. The van der Waals surface area contributed by atoms with Gasteiger partial charge in [0.25, 0.3) is 0 Å². The maximum atomic E-state index is 13.4. The molecule has 18 nitrogen and oxygen atoms in total. The first-order valence-electron chi connectivity index (χ1n) is 12.9. The second kappa shape index (κ2) is 16.6. The van der Waals surface area contributed by atoms with Crippen molar-refractivity contribution in [1.82, 2.24) is 8.72 Å². The summed E-state index contributed by atoms with van der Waals surface area (Å²) in [4.78, 5) is 25.8. The normalized spacial score (nSPS) is 18.8. The number of quaternary nitrogens is 2. The molecule has 2 fully saturated rings. The Kier molecular flexibility index (Phi) is 15.8. The van der Waals surface area contributed by atoms with Crippen LogP contribution in [0, 0.1) is 0 Å². The lowest BCUT2D eigenvalue weighted by Gasteiger charge is -2.43. The molecule has 2 amide bonds. The smallest absolute Gasteiger partial charge is 0.521 e. The zero-order valence-corrected chi connectivity index (χ0v) is 29.0. The van der Waals surface area contributed by atoms with Crippen molar-refractivity contribution >= 4 is 52.1 Å². The fourth-order valence-corrected chi connectivity index (χ4v) is 5.63. The maximum Gasteiger partial charge on any atom is 0.521 e. The van der Waals surface area contributed by atoms with E-state index in [0.717, 1.165) is 7.05 Å². The molecule has 0 aromatic rings. The number of carbonyl (C=O) groups excluding carboxylic acids is 2. The molecule has 0 unspecified atom stereocenters. The zero-order chi connectivity index (χ0) is 41.8. The Morgan fingerprint density at radius 2 is 0.885 bits per heavy atom. The van der Waals surface area contributed by atoms with Crippen molar-refractivity contribution in [2.24, 2.45) is 0 Å². The van der Waals surface area contributed by atoms with Crippen molar-refractivity contribution in [1.29, 1.82) is 0 Å². The van der Waals surface area contributed by atoms with Crippen molar-refractivity contribution in [2.45, 2.75) is 22.0 Å². The van der Waals surface area contributed by atoms with Crippen molar-refractivity contribution in [3.63, 3.8) is 0 Å². The average molecular weight is 879 g/mol. The van der Waals surface area contributed by atoms with Crippen LogP contribution in [0.15, 0.2) is 0 Å². The third-order valence-corrected chi connectivity index (χ3v) is 10.8. The van der Waals surface area contributed by atoms with Gasteiger partial charge in [0.2, 0.25) is 0 Å². The highest BCUT2D eigenvalue weighted by Gasteiger charge is 2.62. The largest absolute Gasteiger partial charge is 0.741 e. The van der Waals surface area contributed by atoms with Crippen LogP contribution in [0.25, 0.3) is 0 Å². The summed E-state index contributed by atoms with van der Waals surface area (Å²) < 4.78 is 254. The van der Waals surface area contributed by atoms with Gasteiger partial charge in [0.1, 0.15) is 26.2 Å². The molecule has 2 heterocycles. The second-order valence-electron chi connectivity index (χ2n) is 10.4. The van der Waals surface area contributed by atoms with E-state index in [2.05, 4.69) is 0 Å². The van der Waals surface area contributed by atoms with Crippen LogP contribution in [-0.4, -0.2) is 174 Å². The van der Waals surface area contributed by atoms with Crippen LogP contribution in [0.2, 0.25) is 0 Å². The highest BCUT2D eigenvalue weighted by molar-refractivity contribution is 7.91. The van der Waals surface area contributed by atoms with Crippen LogP contribution >= 0.6 is 0 Å². The summed E-state index contributed by atoms with van der Waals surface area (Å²) in [5.41, 5.74) is -23.5. The van der Waals surface area contributed by atoms with E-state index in [-0.39, 0.29) is 44.0 Å². The van der Waals surface area contributed by atoms with Gasteiger partial charge in [-0.25, -0.2) is 25.7 Å². The molecular formula is C18H26F12N4O14S4. The monoisotopic (exact) mass is 878 g/mol. The van der Waals surface area contributed by atoms with Crippen molar-refractivity contribution in [3.05, 3.63) is 0 Å². The molecule has 0 radical (unpaired) electrons. The number of alkyl halides is 12. The summed E-state index contributed by atoms with van der Waals surface area (Å²) in [6.07, 6.45) is 0. The van der Waals surface area contributed by atoms with Gasteiger partial charge in [-0.3, -0.25) is 9.59 Å². The molecule has 0 aliphatic carbocycles. The van der Waals surface area contributed by atoms with E-state index in [9.17, 15) is 79.1 Å². The molecule has 0 atom stereocenters. The molecule has 2 aliphatic rings. The Morgan fingerprint density at radius 1 is 0.577 bits per heavy atom. The minimum absolute atomic E-state index is 0.0823. The van der Waals surface area contributed by atoms with Crippen molar-refractivity contribution in [3.8, 4) is 0 Å². The van der Waals surface area contributed by atoms with E-state index in [1.807, 2.05) is 0 Å². The molecule has 310 valence electrons. The van der Waals surface area contributed by atoms with E-state index in [1.165, 1.54) is 7.05 Å². The number of halogens is 12. The van der Waals surface area contributed by atoms with Gasteiger partial charge in [0.15, 0.2) is 20.2 Å². The molecule has 0 saturated carbocycles. The topological polar surface area (TPSA) is 242 Å². The van der Waals surface area contributed by atoms with Gasteiger partial charge in [0.05, 0.1) is 53.6 Å². The molecule has 0 bridgehead atoms. The molecule has 52 heavy (non-hydrogen) atoms. The Hall–Kier alpha value is -2.34. The van der Waals surface area contributed by atoms with Crippen LogP contribution in [-0.2, 0) is 59.3 Å². The Balaban J connectivity index is 0.00000134. The summed E-state index contributed by atoms with van der Waals surface area (Å²) in [7, 11) is -23.1. The Morgan fingerprint density at radius 3 is 1.17 bits per heavy atom. The van der Waals surface area contributed by atoms with Crippen molar-refractivity contribution < 1.29 is 124 Å². The number of sulfonamides is 2. The summed E-state index contributed by atoms with van der Waals surface area (Å²) in [6.45, 7) is -2.88. The van der Waals surface area contributed by atoms with Crippen LogP contribution < -0.4 is 0 Å². The van der Waals surface area contributed by atoms with Gasteiger partial charge in [-0.15, -0.1) is 0 Å². The Labute approximate surface area is 286 Å². The van der Waals surface area contributed by atoms with E-state index in [0.29, 0.717) is 0 Å². The number of morpholine rings is 2. The highest BCUT2D eigenvalue weighted by Crippen LogP contribution is 2.33. The summed E-state index contributed by atoms with van der Waals surface area (Å²) >= 11 is 0. The number of rotatable bonds is 6. The summed E-state index contributed by atoms with van der Waals surface area (Å²) in [5, 5.41) is 0. The molecule has 2 aliphatic heterocycles. The predicted molar refractivity (Wildman–Crippen MR) is 138 cm³/mol. The zero-order valence-electron chi connectivity index (χ0n) is 25.7. The van der Waals surface area contributed by atoms with Gasteiger partial charge in [-0.2, -0.15) is 69.5 Å². The van der Waals surface area contributed by atoms with Crippen LogP contribution in [0.5, 0.6) is 0 Å². The standard InChI is InChI=1S/C16H26F6N4O8S2.2CHF3O3S/c1-25(5-9-33-10-6-25)4-3-23(35(29,30)15(17,18)19)13(27)14(28)24(36(31,32)16(20,21)22)26(2)7-11-34-12-8-26;2*2-1(3,4)8(5,6)7/h3-12H2,1-2H3;2*(H,5,6,7)/q+2;;/p-2. The van der Waals surface area contributed by atoms with Crippen molar-refractivity contribution in [2.75, 3.05) is 79.8 Å². The predicted octanol–water partition coefficient (Wildman–Crippen LogP) is -0.686. The summed E-state index contributed by atoms with van der Waals surface area (Å²) in [6, 6.07) is 0. The lowest BCUT2D eigenvalue weighted by Crippen LogP contribution is -2.70. The number of hydrogen-bond donors (Lipinski definition) is 0.